The second kappa shape index (κ2) is 8.17. The van der Waals surface area contributed by atoms with Crippen molar-refractivity contribution >= 4 is 23.4 Å². The van der Waals surface area contributed by atoms with Crippen LogP contribution in [0.4, 0.5) is 0 Å². The predicted octanol–water partition coefficient (Wildman–Crippen LogP) is 2.91. The minimum absolute atomic E-state index is 0.499. The number of hydrogen-bond acceptors (Lipinski definition) is 2. The van der Waals surface area contributed by atoms with Gasteiger partial charge >= 0.3 is 0 Å². The van der Waals surface area contributed by atoms with Crippen LogP contribution < -0.4 is 11.1 Å². The first-order valence-corrected chi connectivity index (χ1v) is 7.50. The van der Waals surface area contributed by atoms with Crippen molar-refractivity contribution in [3.8, 4) is 0 Å². The first-order chi connectivity index (χ1) is 9.84. The average Bonchev–Trinajstić information content (AvgIpc) is 2.98. The number of nitrogens with zero attached hydrogens (tertiary/aromatic N) is 1. The van der Waals surface area contributed by atoms with Crippen molar-refractivity contribution in [2.75, 3.05) is 13.1 Å². The molecule has 0 saturated heterocycles. The van der Waals surface area contributed by atoms with Gasteiger partial charge in [0.1, 0.15) is 0 Å². The van der Waals surface area contributed by atoms with Crippen molar-refractivity contribution in [3.05, 3.63) is 64.4 Å². The zero-order valence-electron chi connectivity index (χ0n) is 11.3. The molecule has 20 heavy (non-hydrogen) atoms. The maximum Gasteiger partial charge on any atom is 0.188 e. The average molecular weight is 285 g/mol. The molecule has 0 unspecified atom stereocenters. The Morgan fingerprint density at radius 1 is 1.20 bits per heavy atom. The van der Waals surface area contributed by atoms with Gasteiger partial charge in [0.25, 0.3) is 0 Å². The van der Waals surface area contributed by atoms with Gasteiger partial charge in [-0.1, -0.05) is 48.6 Å². The molecule has 4 heteroatoms. The highest BCUT2D eigenvalue weighted by Crippen LogP contribution is 2.07. The molecule has 2 rings (SSSR count). The van der Waals surface area contributed by atoms with Crippen LogP contribution in [0.2, 0.25) is 0 Å². The Bertz CT molecular complexity index is 544. The van der Waals surface area contributed by atoms with Crippen molar-refractivity contribution in [2.45, 2.75) is 6.42 Å². The number of rotatable bonds is 6. The second-order valence-corrected chi connectivity index (χ2v) is 5.33. The van der Waals surface area contributed by atoms with Gasteiger partial charge in [0.05, 0.1) is 6.54 Å². The highest BCUT2D eigenvalue weighted by molar-refractivity contribution is 7.09. The van der Waals surface area contributed by atoms with Gasteiger partial charge in [-0.2, -0.15) is 0 Å². The zero-order valence-corrected chi connectivity index (χ0v) is 12.1. The fourth-order valence-electron chi connectivity index (χ4n) is 1.73. The van der Waals surface area contributed by atoms with Crippen LogP contribution in [0, 0.1) is 0 Å². The van der Waals surface area contributed by atoms with Crippen LogP contribution >= 0.6 is 11.3 Å². The molecular formula is C16H19N3S. The molecule has 1 heterocycles. The standard InChI is InChI=1S/C16H19N3S/c17-16(19-12-10-15-9-5-13-20-15)18-11-4-8-14-6-2-1-3-7-14/h1-9,13H,10-12H2,(H3,17,18,19). The van der Waals surface area contributed by atoms with Crippen molar-refractivity contribution in [3.63, 3.8) is 0 Å². The highest BCUT2D eigenvalue weighted by atomic mass is 32.1. The molecule has 0 atom stereocenters. The zero-order chi connectivity index (χ0) is 14.0. The van der Waals surface area contributed by atoms with Crippen molar-refractivity contribution in [1.82, 2.24) is 5.32 Å². The topological polar surface area (TPSA) is 50.4 Å². The van der Waals surface area contributed by atoms with E-state index in [1.807, 2.05) is 30.4 Å². The van der Waals surface area contributed by atoms with Crippen molar-refractivity contribution in [2.24, 2.45) is 10.7 Å². The number of nitrogens with one attached hydrogen (secondary N) is 1. The molecule has 0 radical (unpaired) electrons. The summed E-state index contributed by atoms with van der Waals surface area (Å²) in [4.78, 5) is 5.61. The second-order valence-electron chi connectivity index (χ2n) is 4.30. The molecule has 0 amide bonds. The Morgan fingerprint density at radius 3 is 2.80 bits per heavy atom. The number of hydrogen-bond donors (Lipinski definition) is 2. The smallest absolute Gasteiger partial charge is 0.188 e. The van der Waals surface area contributed by atoms with Crippen LogP contribution in [-0.2, 0) is 6.42 Å². The van der Waals surface area contributed by atoms with Gasteiger partial charge < -0.3 is 11.1 Å². The van der Waals surface area contributed by atoms with E-state index in [1.165, 1.54) is 10.4 Å². The molecule has 3 nitrogen and oxygen atoms in total. The Hall–Kier alpha value is -2.07. The quantitative estimate of drug-likeness (QED) is 0.633. The third-order valence-corrected chi connectivity index (χ3v) is 3.67. The van der Waals surface area contributed by atoms with Crippen LogP contribution in [0.1, 0.15) is 10.4 Å². The summed E-state index contributed by atoms with van der Waals surface area (Å²) in [6, 6.07) is 14.3. The van der Waals surface area contributed by atoms with Gasteiger partial charge in [-0.25, -0.2) is 4.99 Å². The lowest BCUT2D eigenvalue weighted by molar-refractivity contribution is 0.864. The summed E-state index contributed by atoms with van der Waals surface area (Å²) in [7, 11) is 0. The number of aliphatic imine (C=N–C) groups is 1. The van der Waals surface area contributed by atoms with E-state index in [2.05, 4.69) is 40.0 Å². The fourth-order valence-corrected chi connectivity index (χ4v) is 2.44. The molecule has 0 saturated carbocycles. The first-order valence-electron chi connectivity index (χ1n) is 6.62. The lowest BCUT2D eigenvalue weighted by Crippen LogP contribution is -2.33. The molecule has 2 aromatic rings. The molecule has 1 aromatic heterocycles. The Balaban J connectivity index is 1.67. The molecular weight excluding hydrogens is 266 g/mol. The van der Waals surface area contributed by atoms with Gasteiger partial charge in [0, 0.05) is 11.4 Å². The van der Waals surface area contributed by atoms with Crippen LogP contribution in [-0.4, -0.2) is 19.0 Å². The number of guanidine groups is 1. The van der Waals surface area contributed by atoms with E-state index in [4.69, 9.17) is 5.73 Å². The van der Waals surface area contributed by atoms with E-state index >= 15 is 0 Å². The lowest BCUT2D eigenvalue weighted by Gasteiger charge is -2.03. The van der Waals surface area contributed by atoms with Gasteiger partial charge in [0.2, 0.25) is 0 Å². The van der Waals surface area contributed by atoms with Crippen LogP contribution in [0.15, 0.2) is 58.9 Å². The Morgan fingerprint density at radius 2 is 2.05 bits per heavy atom. The van der Waals surface area contributed by atoms with Gasteiger partial charge in [0.15, 0.2) is 5.96 Å². The number of thiophene rings is 1. The predicted molar refractivity (Wildman–Crippen MR) is 88.0 cm³/mol. The van der Waals surface area contributed by atoms with E-state index in [9.17, 15) is 0 Å². The van der Waals surface area contributed by atoms with Crippen molar-refractivity contribution < 1.29 is 0 Å². The first kappa shape index (κ1) is 14.3. The highest BCUT2D eigenvalue weighted by Gasteiger charge is 1.94. The normalized spacial score (nSPS) is 11.9. The SMILES string of the molecule is NC(=NCC=Cc1ccccc1)NCCc1cccs1. The summed E-state index contributed by atoms with van der Waals surface area (Å²) >= 11 is 1.76. The summed E-state index contributed by atoms with van der Waals surface area (Å²) in [6.07, 6.45) is 5.03. The summed E-state index contributed by atoms with van der Waals surface area (Å²) < 4.78 is 0. The molecule has 0 spiro atoms. The van der Waals surface area contributed by atoms with E-state index in [0.29, 0.717) is 12.5 Å². The van der Waals surface area contributed by atoms with Crippen LogP contribution in [0.25, 0.3) is 6.08 Å². The van der Waals surface area contributed by atoms with E-state index in [1.54, 1.807) is 11.3 Å². The molecule has 0 bridgehead atoms. The van der Waals surface area contributed by atoms with Gasteiger partial charge in [-0.05, 0) is 23.4 Å². The van der Waals surface area contributed by atoms with Crippen molar-refractivity contribution in [1.29, 1.82) is 0 Å². The molecule has 0 aliphatic rings. The summed E-state index contributed by atoms with van der Waals surface area (Å²) in [5.41, 5.74) is 6.97. The maximum atomic E-state index is 5.80. The molecule has 0 aliphatic carbocycles. The Kier molecular flexibility index (Phi) is 5.86. The van der Waals surface area contributed by atoms with Gasteiger partial charge in [-0.3, -0.25) is 0 Å². The summed E-state index contributed by atoms with van der Waals surface area (Å²) in [5.74, 6) is 0.499. The molecule has 0 fully saturated rings. The molecule has 1 aromatic carbocycles. The minimum atomic E-state index is 0.499. The van der Waals surface area contributed by atoms with E-state index in [-0.39, 0.29) is 0 Å². The van der Waals surface area contributed by atoms with Crippen LogP contribution in [0.5, 0.6) is 0 Å². The third-order valence-electron chi connectivity index (χ3n) is 2.73. The molecule has 3 N–H and O–H groups in total. The summed E-state index contributed by atoms with van der Waals surface area (Å²) in [5, 5.41) is 5.20. The Labute approximate surface area is 123 Å². The van der Waals surface area contributed by atoms with Gasteiger partial charge in [-0.15, -0.1) is 11.3 Å². The number of benzene rings is 1. The minimum Gasteiger partial charge on any atom is -0.370 e. The van der Waals surface area contributed by atoms with E-state index in [0.717, 1.165) is 13.0 Å². The van der Waals surface area contributed by atoms with Crippen LogP contribution in [0.3, 0.4) is 0 Å². The van der Waals surface area contributed by atoms with E-state index < -0.39 is 0 Å². The largest absolute Gasteiger partial charge is 0.370 e. The lowest BCUT2D eigenvalue weighted by atomic mass is 10.2. The molecule has 0 aliphatic heterocycles. The monoisotopic (exact) mass is 285 g/mol. The fraction of sp³-hybridized carbons (Fsp3) is 0.188. The maximum absolute atomic E-state index is 5.80. The molecule has 104 valence electrons. The third kappa shape index (κ3) is 5.28. The number of nitrogens with two attached hydrogens (primary N) is 1. The summed E-state index contributed by atoms with van der Waals surface area (Å²) in [6.45, 7) is 1.41.